The number of hydrogen-bond acceptors (Lipinski definition) is 0. The van der Waals surface area contributed by atoms with Gasteiger partial charge in [0.25, 0.3) is 0 Å². The third-order valence-electron chi connectivity index (χ3n) is 6.68. The first-order valence-electron chi connectivity index (χ1n) is 11.6. The van der Waals surface area contributed by atoms with Crippen LogP contribution < -0.4 is 0 Å². The molecular weight excluding hydrogens is 360 g/mol. The molecule has 0 saturated carbocycles. The Labute approximate surface area is 179 Å². The fourth-order valence-corrected chi connectivity index (χ4v) is 5.19. The molecule has 0 heterocycles. The summed E-state index contributed by atoms with van der Waals surface area (Å²) in [5.41, 5.74) is 3.18. The van der Waals surface area contributed by atoms with Crippen LogP contribution in [0.15, 0.2) is 72.8 Å². The number of hydrogen-bond donors (Lipinski definition) is 0. The van der Waals surface area contributed by atoms with Crippen LogP contribution in [0.1, 0.15) is 50.7 Å². The summed E-state index contributed by atoms with van der Waals surface area (Å²) in [5, 5.41) is 11.3. The fraction of sp³-hybridized carbons (Fsp3) is 0.267. The molecule has 0 aliphatic rings. The standard InChI is InChI=1S/C30H30/c1-3-5-13-25-26(14-6-4-2)28-20-18-22-12-8-10-16-24(22)30(28)29-23-15-9-7-11-21(23)17-19-27(25)29/h7-12,15-20H,3-6,13-14H2,1-2H3. The van der Waals surface area contributed by atoms with E-state index in [1.165, 1.54) is 81.6 Å². The minimum Gasteiger partial charge on any atom is -0.0654 e. The predicted octanol–water partition coefficient (Wildman–Crippen LogP) is 8.98. The van der Waals surface area contributed by atoms with Crippen LogP contribution in [-0.2, 0) is 12.8 Å². The van der Waals surface area contributed by atoms with Crippen molar-refractivity contribution in [3.63, 3.8) is 0 Å². The van der Waals surface area contributed by atoms with Gasteiger partial charge in [-0.2, -0.15) is 0 Å². The molecule has 0 fully saturated rings. The third-order valence-corrected chi connectivity index (χ3v) is 6.68. The fourth-order valence-electron chi connectivity index (χ4n) is 5.19. The number of benzene rings is 5. The van der Waals surface area contributed by atoms with E-state index in [1.54, 1.807) is 11.1 Å². The molecule has 0 aromatic heterocycles. The van der Waals surface area contributed by atoms with Crippen LogP contribution in [0.4, 0.5) is 0 Å². The lowest BCUT2D eigenvalue weighted by atomic mass is 9.84. The zero-order chi connectivity index (χ0) is 20.5. The van der Waals surface area contributed by atoms with Gasteiger partial charge in [0.15, 0.2) is 0 Å². The zero-order valence-corrected chi connectivity index (χ0v) is 18.2. The highest BCUT2D eigenvalue weighted by Gasteiger charge is 2.17. The van der Waals surface area contributed by atoms with E-state index in [0.29, 0.717) is 0 Å². The first-order valence-corrected chi connectivity index (χ1v) is 11.6. The van der Waals surface area contributed by atoms with Crippen LogP contribution in [0.3, 0.4) is 0 Å². The predicted molar refractivity (Wildman–Crippen MR) is 134 cm³/mol. The number of unbranched alkanes of at least 4 members (excludes halogenated alkanes) is 2. The second-order valence-corrected chi connectivity index (χ2v) is 8.58. The highest BCUT2D eigenvalue weighted by molar-refractivity contribution is 6.28. The Balaban J connectivity index is 2.04. The van der Waals surface area contributed by atoms with Crippen molar-refractivity contribution >= 4 is 43.1 Å². The summed E-state index contributed by atoms with van der Waals surface area (Å²) in [6.45, 7) is 4.61. The molecule has 0 aliphatic carbocycles. The number of rotatable bonds is 6. The van der Waals surface area contributed by atoms with Crippen LogP contribution in [0.2, 0.25) is 0 Å². The summed E-state index contributed by atoms with van der Waals surface area (Å²) in [6.07, 6.45) is 7.32. The summed E-state index contributed by atoms with van der Waals surface area (Å²) in [5.74, 6) is 0. The number of aryl methyl sites for hydroxylation is 2. The molecule has 0 radical (unpaired) electrons. The molecule has 0 aliphatic heterocycles. The molecule has 5 rings (SSSR count). The van der Waals surface area contributed by atoms with Gasteiger partial charge < -0.3 is 0 Å². The maximum absolute atomic E-state index is 2.40. The molecule has 0 spiro atoms. The Morgan fingerprint density at radius 3 is 1.33 bits per heavy atom. The van der Waals surface area contributed by atoms with Gasteiger partial charge in [-0.05, 0) is 79.9 Å². The van der Waals surface area contributed by atoms with Crippen molar-refractivity contribution in [3.05, 3.63) is 83.9 Å². The smallest absolute Gasteiger partial charge is 0.00176 e. The molecule has 0 heteroatoms. The molecule has 0 atom stereocenters. The van der Waals surface area contributed by atoms with Gasteiger partial charge >= 0.3 is 0 Å². The quantitative estimate of drug-likeness (QED) is 0.254. The van der Waals surface area contributed by atoms with Crippen molar-refractivity contribution in [1.82, 2.24) is 0 Å². The van der Waals surface area contributed by atoms with Crippen LogP contribution in [0.5, 0.6) is 0 Å². The highest BCUT2D eigenvalue weighted by atomic mass is 14.2. The van der Waals surface area contributed by atoms with E-state index in [-0.39, 0.29) is 0 Å². The van der Waals surface area contributed by atoms with E-state index in [0.717, 1.165) is 0 Å². The van der Waals surface area contributed by atoms with Crippen LogP contribution in [0.25, 0.3) is 43.1 Å². The first kappa shape index (κ1) is 19.1. The molecule has 150 valence electrons. The largest absolute Gasteiger partial charge is 0.0654 e. The van der Waals surface area contributed by atoms with E-state index in [1.807, 2.05) is 0 Å². The van der Waals surface area contributed by atoms with Crippen LogP contribution in [0, 0.1) is 0 Å². The number of fused-ring (bicyclic) bond motifs is 7. The average molecular weight is 391 g/mol. The van der Waals surface area contributed by atoms with Crippen LogP contribution >= 0.6 is 0 Å². The maximum Gasteiger partial charge on any atom is -0.00176 e. The van der Waals surface area contributed by atoms with E-state index in [9.17, 15) is 0 Å². The van der Waals surface area contributed by atoms with Gasteiger partial charge in [-0.3, -0.25) is 0 Å². The second-order valence-electron chi connectivity index (χ2n) is 8.58. The Morgan fingerprint density at radius 2 is 0.900 bits per heavy atom. The summed E-state index contributed by atoms with van der Waals surface area (Å²) >= 11 is 0. The van der Waals surface area contributed by atoms with E-state index >= 15 is 0 Å². The molecule has 0 N–H and O–H groups in total. The molecule has 5 aromatic carbocycles. The Morgan fingerprint density at radius 1 is 0.467 bits per heavy atom. The monoisotopic (exact) mass is 390 g/mol. The van der Waals surface area contributed by atoms with Crippen molar-refractivity contribution < 1.29 is 0 Å². The summed E-state index contributed by atoms with van der Waals surface area (Å²) in [7, 11) is 0. The lowest BCUT2D eigenvalue weighted by molar-refractivity contribution is 0.765. The molecule has 0 saturated heterocycles. The normalized spacial score (nSPS) is 11.8. The second kappa shape index (κ2) is 8.11. The van der Waals surface area contributed by atoms with Crippen LogP contribution in [-0.4, -0.2) is 0 Å². The molecule has 5 aromatic rings. The molecule has 0 amide bonds. The van der Waals surface area contributed by atoms with E-state index < -0.39 is 0 Å². The average Bonchev–Trinajstić information content (AvgIpc) is 2.80. The molecule has 30 heavy (non-hydrogen) atoms. The summed E-state index contributed by atoms with van der Waals surface area (Å²) in [6, 6.07) is 27.3. The Bertz CT molecular complexity index is 1250. The molecule has 0 nitrogen and oxygen atoms in total. The first-order chi connectivity index (χ1) is 14.8. The summed E-state index contributed by atoms with van der Waals surface area (Å²) in [4.78, 5) is 0. The zero-order valence-electron chi connectivity index (χ0n) is 18.2. The summed E-state index contributed by atoms with van der Waals surface area (Å²) < 4.78 is 0. The van der Waals surface area contributed by atoms with E-state index in [4.69, 9.17) is 0 Å². The minimum absolute atomic E-state index is 1.17. The van der Waals surface area contributed by atoms with Crippen molar-refractivity contribution in [1.29, 1.82) is 0 Å². The van der Waals surface area contributed by atoms with Gasteiger partial charge in [0.2, 0.25) is 0 Å². The SMILES string of the molecule is CCCCc1c(CCCC)c2ccc3ccccc3c2c2c1ccc1ccccc12. The molecule has 0 bridgehead atoms. The third kappa shape index (κ3) is 3.06. The minimum atomic E-state index is 1.17. The topological polar surface area (TPSA) is 0 Å². The maximum atomic E-state index is 2.40. The van der Waals surface area contributed by atoms with Crippen molar-refractivity contribution in [2.45, 2.75) is 52.4 Å². The van der Waals surface area contributed by atoms with Gasteiger partial charge in [0.05, 0.1) is 0 Å². The van der Waals surface area contributed by atoms with Crippen molar-refractivity contribution in [2.75, 3.05) is 0 Å². The Hall–Kier alpha value is -2.86. The Kier molecular flexibility index (Phi) is 5.17. The lowest BCUT2D eigenvalue weighted by Gasteiger charge is -2.20. The van der Waals surface area contributed by atoms with Gasteiger partial charge in [-0.15, -0.1) is 0 Å². The molecular formula is C30H30. The van der Waals surface area contributed by atoms with Gasteiger partial charge in [-0.1, -0.05) is 99.5 Å². The van der Waals surface area contributed by atoms with Gasteiger partial charge in [0, 0.05) is 0 Å². The highest BCUT2D eigenvalue weighted by Crippen LogP contribution is 2.41. The van der Waals surface area contributed by atoms with Gasteiger partial charge in [-0.25, -0.2) is 0 Å². The van der Waals surface area contributed by atoms with Crippen molar-refractivity contribution in [2.24, 2.45) is 0 Å². The van der Waals surface area contributed by atoms with Gasteiger partial charge in [0.1, 0.15) is 0 Å². The van der Waals surface area contributed by atoms with Crippen molar-refractivity contribution in [3.8, 4) is 0 Å². The van der Waals surface area contributed by atoms with E-state index in [2.05, 4.69) is 86.6 Å². The lowest BCUT2D eigenvalue weighted by Crippen LogP contribution is -2.00. The molecule has 0 unspecified atom stereocenters.